The number of aryl methyl sites for hydroxylation is 1. The maximum Gasteiger partial charge on any atom is 0.279 e. The summed E-state index contributed by atoms with van der Waals surface area (Å²) in [6.07, 6.45) is -0.805. The monoisotopic (exact) mass is 368 g/mol. The van der Waals surface area contributed by atoms with E-state index in [9.17, 15) is 4.79 Å². The molecule has 0 fully saturated rings. The molecule has 0 spiro atoms. The van der Waals surface area contributed by atoms with E-state index < -0.39 is 12.0 Å². The van der Waals surface area contributed by atoms with Gasteiger partial charge in [0, 0.05) is 5.69 Å². The second-order valence-corrected chi connectivity index (χ2v) is 6.09. The molecule has 7 heteroatoms. The molecule has 0 aliphatic rings. The normalized spacial score (nSPS) is 11.0. The number of para-hydroxylation sites is 1. The molecule has 0 aliphatic heterocycles. The summed E-state index contributed by atoms with van der Waals surface area (Å²) in [5.41, 5.74) is 8.59. The van der Waals surface area contributed by atoms with E-state index in [2.05, 4.69) is 16.2 Å². The van der Waals surface area contributed by atoms with Crippen LogP contribution in [0.2, 0.25) is 0 Å². The molecule has 1 atom stereocenters. The molecule has 0 radical (unpaired) electrons. The summed E-state index contributed by atoms with van der Waals surface area (Å²) in [7, 11) is 0. The van der Waals surface area contributed by atoms with Gasteiger partial charge in [-0.05, 0) is 62.3 Å². The van der Waals surface area contributed by atoms with Gasteiger partial charge in [0.1, 0.15) is 11.8 Å². The van der Waals surface area contributed by atoms with Gasteiger partial charge in [-0.3, -0.25) is 15.6 Å². The van der Waals surface area contributed by atoms with Gasteiger partial charge < -0.3 is 10.1 Å². The van der Waals surface area contributed by atoms with E-state index in [-0.39, 0.29) is 5.11 Å². The van der Waals surface area contributed by atoms with Crippen LogP contribution in [0.5, 0.6) is 5.75 Å². The zero-order valence-electron chi connectivity index (χ0n) is 14.8. The largest absolute Gasteiger partial charge is 0.479 e. The Balaban J connectivity index is 1.88. The Labute approximate surface area is 158 Å². The Hall–Kier alpha value is -3.11. The van der Waals surface area contributed by atoms with Crippen molar-refractivity contribution in [2.24, 2.45) is 0 Å². The summed E-state index contributed by atoms with van der Waals surface area (Å²) < 4.78 is 5.55. The van der Waals surface area contributed by atoms with Gasteiger partial charge in [0.25, 0.3) is 5.91 Å². The van der Waals surface area contributed by atoms with Crippen molar-refractivity contribution in [3.8, 4) is 11.8 Å². The summed E-state index contributed by atoms with van der Waals surface area (Å²) in [4.78, 5) is 12.2. The Morgan fingerprint density at radius 1 is 1.15 bits per heavy atom. The van der Waals surface area contributed by atoms with Crippen molar-refractivity contribution in [3.05, 3.63) is 59.2 Å². The maximum absolute atomic E-state index is 12.2. The molecule has 134 valence electrons. The number of anilines is 1. The quantitative estimate of drug-likeness (QED) is 0.568. The van der Waals surface area contributed by atoms with E-state index in [1.807, 2.05) is 38.1 Å². The fraction of sp³-hybridized carbons (Fsp3) is 0.211. The zero-order valence-corrected chi connectivity index (χ0v) is 15.6. The van der Waals surface area contributed by atoms with Gasteiger partial charge in [0.2, 0.25) is 0 Å². The van der Waals surface area contributed by atoms with Gasteiger partial charge in [0.05, 0.1) is 5.56 Å². The van der Waals surface area contributed by atoms with Gasteiger partial charge in [-0.15, -0.1) is 0 Å². The lowest BCUT2D eigenvalue weighted by Crippen LogP contribution is -2.48. The van der Waals surface area contributed by atoms with Gasteiger partial charge in [-0.1, -0.05) is 24.3 Å². The number of carbonyl (C=O) groups excluding carboxylic acids is 1. The lowest BCUT2D eigenvalue weighted by atomic mass is 10.1. The fourth-order valence-corrected chi connectivity index (χ4v) is 2.33. The number of hydrogen-bond acceptors (Lipinski definition) is 4. The van der Waals surface area contributed by atoms with E-state index in [0.717, 1.165) is 16.8 Å². The highest BCUT2D eigenvalue weighted by atomic mass is 32.1. The smallest absolute Gasteiger partial charge is 0.279 e. The number of rotatable bonds is 4. The van der Waals surface area contributed by atoms with Crippen LogP contribution in [0, 0.1) is 25.2 Å². The van der Waals surface area contributed by atoms with Crippen LogP contribution in [-0.2, 0) is 4.79 Å². The summed E-state index contributed by atoms with van der Waals surface area (Å²) in [6, 6.07) is 14.6. The average molecular weight is 368 g/mol. The summed E-state index contributed by atoms with van der Waals surface area (Å²) in [5, 5.41) is 12.4. The molecular formula is C19H20N4O2S. The van der Waals surface area contributed by atoms with Crippen molar-refractivity contribution < 1.29 is 9.53 Å². The van der Waals surface area contributed by atoms with Crippen LogP contribution >= 0.6 is 12.2 Å². The first-order chi connectivity index (χ1) is 12.4. The van der Waals surface area contributed by atoms with Crippen molar-refractivity contribution in [2.45, 2.75) is 26.9 Å². The summed E-state index contributed by atoms with van der Waals surface area (Å²) in [5.74, 6) is -0.0587. The number of hydrazine groups is 1. The fourth-order valence-electron chi connectivity index (χ4n) is 2.17. The summed E-state index contributed by atoms with van der Waals surface area (Å²) in [6.45, 7) is 5.59. The number of nitrogens with one attached hydrogen (secondary N) is 3. The van der Waals surface area contributed by atoms with Gasteiger partial charge in [-0.25, -0.2) is 0 Å². The van der Waals surface area contributed by atoms with Gasteiger partial charge in [-0.2, -0.15) is 5.26 Å². The van der Waals surface area contributed by atoms with Crippen LogP contribution in [0.3, 0.4) is 0 Å². The number of benzene rings is 2. The molecule has 0 saturated heterocycles. The summed E-state index contributed by atoms with van der Waals surface area (Å²) >= 11 is 5.19. The molecule has 0 aliphatic carbocycles. The molecule has 2 aromatic carbocycles. The van der Waals surface area contributed by atoms with E-state index in [1.54, 1.807) is 31.2 Å². The lowest BCUT2D eigenvalue weighted by molar-refractivity contribution is -0.127. The topological polar surface area (TPSA) is 86.2 Å². The number of nitriles is 1. The molecule has 1 amide bonds. The molecule has 3 N–H and O–H groups in total. The van der Waals surface area contributed by atoms with Crippen LogP contribution in [0.1, 0.15) is 23.6 Å². The highest BCUT2D eigenvalue weighted by Gasteiger charge is 2.16. The molecule has 0 bridgehead atoms. The molecule has 0 aromatic heterocycles. The first kappa shape index (κ1) is 19.2. The first-order valence-corrected chi connectivity index (χ1v) is 8.42. The standard InChI is InChI=1S/C19H20N4O2S/c1-12-7-6-9-16(13(12)2)21-19(26)23-22-18(24)14(3)25-17-10-5-4-8-15(17)11-20/h4-10,14H,1-3H3,(H,22,24)(H2,21,23,26). The van der Waals surface area contributed by atoms with Crippen molar-refractivity contribution in [3.63, 3.8) is 0 Å². The van der Waals surface area contributed by atoms with Crippen molar-refractivity contribution >= 4 is 28.9 Å². The Bertz CT molecular complexity index is 861. The Morgan fingerprint density at radius 2 is 1.88 bits per heavy atom. The van der Waals surface area contributed by atoms with E-state index in [4.69, 9.17) is 22.2 Å². The molecule has 26 heavy (non-hydrogen) atoms. The number of hydrogen-bond donors (Lipinski definition) is 3. The van der Waals surface area contributed by atoms with Crippen LogP contribution in [-0.4, -0.2) is 17.1 Å². The highest BCUT2D eigenvalue weighted by Crippen LogP contribution is 2.18. The second-order valence-electron chi connectivity index (χ2n) is 5.68. The van der Waals surface area contributed by atoms with E-state index >= 15 is 0 Å². The minimum Gasteiger partial charge on any atom is -0.479 e. The maximum atomic E-state index is 12.2. The highest BCUT2D eigenvalue weighted by molar-refractivity contribution is 7.80. The van der Waals surface area contributed by atoms with Gasteiger partial charge >= 0.3 is 0 Å². The van der Waals surface area contributed by atoms with Crippen molar-refractivity contribution in [1.29, 1.82) is 5.26 Å². The molecular weight excluding hydrogens is 348 g/mol. The van der Waals surface area contributed by atoms with Crippen molar-refractivity contribution in [1.82, 2.24) is 10.9 Å². The molecule has 2 aromatic rings. The van der Waals surface area contributed by atoms with Crippen molar-refractivity contribution in [2.75, 3.05) is 5.32 Å². The molecule has 0 heterocycles. The minimum absolute atomic E-state index is 0.261. The number of ether oxygens (including phenoxy) is 1. The first-order valence-electron chi connectivity index (χ1n) is 8.01. The lowest BCUT2D eigenvalue weighted by Gasteiger charge is -2.17. The second kappa shape index (κ2) is 8.83. The predicted molar refractivity (Wildman–Crippen MR) is 105 cm³/mol. The number of amides is 1. The Kier molecular flexibility index (Phi) is 6.53. The third kappa shape index (κ3) is 4.94. The van der Waals surface area contributed by atoms with E-state index in [0.29, 0.717) is 11.3 Å². The number of thiocarbonyl (C=S) groups is 1. The predicted octanol–water partition coefficient (Wildman–Crippen LogP) is 2.96. The SMILES string of the molecule is Cc1cccc(NC(=S)NNC(=O)C(C)Oc2ccccc2C#N)c1C. The molecule has 1 unspecified atom stereocenters. The zero-order chi connectivity index (χ0) is 19.1. The van der Waals surface area contributed by atoms with E-state index in [1.165, 1.54) is 0 Å². The molecule has 0 saturated carbocycles. The number of nitrogens with zero attached hydrogens (tertiary/aromatic N) is 1. The number of carbonyl (C=O) groups is 1. The van der Waals surface area contributed by atoms with Gasteiger partial charge in [0.15, 0.2) is 11.2 Å². The van der Waals surface area contributed by atoms with Crippen LogP contribution in [0.25, 0.3) is 0 Å². The molecule has 2 rings (SSSR count). The minimum atomic E-state index is -0.805. The third-order valence-electron chi connectivity index (χ3n) is 3.83. The van der Waals surface area contributed by atoms with Crippen LogP contribution < -0.4 is 20.9 Å². The third-order valence-corrected chi connectivity index (χ3v) is 4.04. The Morgan fingerprint density at radius 3 is 2.62 bits per heavy atom. The van der Waals surface area contributed by atoms with Crippen LogP contribution in [0.15, 0.2) is 42.5 Å². The van der Waals surface area contributed by atoms with Crippen LogP contribution in [0.4, 0.5) is 5.69 Å². The average Bonchev–Trinajstić information content (AvgIpc) is 2.64. The molecule has 6 nitrogen and oxygen atoms in total.